The Bertz CT molecular complexity index is 300. The van der Waals surface area contributed by atoms with Crippen LogP contribution in [0, 0.1) is 0 Å². The van der Waals surface area contributed by atoms with Gasteiger partial charge in [0.15, 0.2) is 0 Å². The maximum Gasteiger partial charge on any atom is 0.437 e. The Balaban J connectivity index is 3.94. The highest BCUT2D eigenvalue weighted by Crippen LogP contribution is 2.06. The summed E-state index contributed by atoms with van der Waals surface area (Å²) in [6.45, 7) is 0.913. The smallest absolute Gasteiger partial charge is 0.437 e. The van der Waals surface area contributed by atoms with Crippen molar-refractivity contribution in [2.75, 3.05) is 19.8 Å². The predicted molar refractivity (Wildman–Crippen MR) is 62.1 cm³/mol. The van der Waals surface area contributed by atoms with Gasteiger partial charge in [-0.3, -0.25) is 4.79 Å². The molecular weight excluding hydrogens is 272 g/mol. The topological polar surface area (TPSA) is 96.4 Å². The third kappa shape index (κ3) is 6.24. The number of carbonyl (C=O) groups is 3. The van der Waals surface area contributed by atoms with Gasteiger partial charge in [0.05, 0.1) is 6.61 Å². The molecular formula is C7H12N2O6S2. The minimum absolute atomic E-state index is 0.207. The van der Waals surface area contributed by atoms with Gasteiger partial charge in [-0.2, -0.15) is 4.41 Å². The lowest BCUT2D eigenvalue weighted by atomic mass is 10.6. The lowest BCUT2D eigenvalue weighted by molar-refractivity contribution is -0.150. The molecule has 0 aromatic carbocycles. The van der Waals surface area contributed by atoms with Gasteiger partial charge < -0.3 is 14.6 Å². The molecule has 0 aromatic rings. The fourth-order valence-electron chi connectivity index (χ4n) is 0.669. The van der Waals surface area contributed by atoms with Crippen molar-refractivity contribution in [3.63, 3.8) is 0 Å². The zero-order valence-corrected chi connectivity index (χ0v) is 10.7. The average Bonchev–Trinajstić information content (AvgIpc) is 2.27. The number of hydrogen-bond donors (Lipinski definition) is 3. The van der Waals surface area contributed by atoms with Gasteiger partial charge in [-0.05, 0) is 32.6 Å². The first-order valence-electron chi connectivity index (χ1n) is 4.37. The van der Waals surface area contributed by atoms with Crippen LogP contribution in [0.4, 0.5) is 4.79 Å². The first-order chi connectivity index (χ1) is 7.90. The molecule has 0 heterocycles. The van der Waals surface area contributed by atoms with Gasteiger partial charge in [0.2, 0.25) is 0 Å². The molecule has 0 radical (unpaired) electrons. The van der Waals surface area contributed by atoms with Crippen LogP contribution < -0.4 is 0 Å². The van der Waals surface area contributed by atoms with Crippen LogP contribution in [-0.2, 0) is 19.1 Å². The average molecular weight is 284 g/mol. The maximum atomic E-state index is 11.2. The Morgan fingerprint density at radius 3 is 2.24 bits per heavy atom. The number of esters is 1. The van der Waals surface area contributed by atoms with E-state index in [4.69, 9.17) is 9.84 Å². The van der Waals surface area contributed by atoms with Crippen molar-refractivity contribution >= 4 is 43.6 Å². The lowest BCUT2D eigenvalue weighted by Crippen LogP contribution is -2.39. The summed E-state index contributed by atoms with van der Waals surface area (Å²) >= 11 is 7.05. The van der Waals surface area contributed by atoms with Crippen molar-refractivity contribution in [2.24, 2.45) is 0 Å². The molecule has 17 heavy (non-hydrogen) atoms. The van der Waals surface area contributed by atoms with E-state index >= 15 is 0 Å². The molecule has 0 saturated heterocycles. The van der Waals surface area contributed by atoms with Gasteiger partial charge in [0.25, 0.3) is 5.91 Å². The zero-order chi connectivity index (χ0) is 13.4. The van der Waals surface area contributed by atoms with E-state index in [0.29, 0.717) is 4.41 Å². The predicted octanol–water partition coefficient (Wildman–Crippen LogP) is -0.0207. The summed E-state index contributed by atoms with van der Waals surface area (Å²) in [4.78, 5) is 32.5. The molecule has 0 rings (SSSR count). The number of ether oxygens (including phenoxy) is 2. The van der Waals surface area contributed by atoms with E-state index in [0.717, 1.165) is 0 Å². The van der Waals surface area contributed by atoms with Gasteiger partial charge in [-0.1, -0.05) is 0 Å². The second kappa shape index (κ2) is 8.03. The van der Waals surface area contributed by atoms with E-state index in [9.17, 15) is 14.4 Å². The van der Waals surface area contributed by atoms with E-state index in [1.807, 2.05) is 0 Å². The van der Waals surface area contributed by atoms with Crippen LogP contribution in [0.15, 0.2) is 0 Å². The van der Waals surface area contributed by atoms with E-state index in [1.54, 1.807) is 6.92 Å². The summed E-state index contributed by atoms with van der Waals surface area (Å²) in [5.41, 5.74) is 0. The van der Waals surface area contributed by atoms with Crippen molar-refractivity contribution in [1.82, 2.24) is 8.83 Å². The first kappa shape index (κ1) is 15.9. The van der Waals surface area contributed by atoms with Gasteiger partial charge in [-0.25, -0.2) is 9.59 Å². The third-order valence-electron chi connectivity index (χ3n) is 1.32. The van der Waals surface area contributed by atoms with E-state index < -0.39 is 31.2 Å². The van der Waals surface area contributed by atoms with Gasteiger partial charge in [0.1, 0.15) is 13.2 Å². The van der Waals surface area contributed by atoms with Crippen molar-refractivity contribution in [1.29, 1.82) is 0 Å². The highest BCUT2D eigenvalue weighted by atomic mass is 32.1. The molecule has 0 aliphatic carbocycles. The van der Waals surface area contributed by atoms with Crippen LogP contribution >= 0.6 is 25.6 Å². The minimum atomic E-state index is -1.48. The van der Waals surface area contributed by atoms with Crippen LogP contribution in [0.2, 0.25) is 0 Å². The number of thiol groups is 2. The summed E-state index contributed by atoms with van der Waals surface area (Å²) < 4.78 is 9.93. The quantitative estimate of drug-likeness (QED) is 0.373. The van der Waals surface area contributed by atoms with Crippen molar-refractivity contribution in [2.45, 2.75) is 6.92 Å². The summed E-state index contributed by atoms with van der Waals surface area (Å²) in [5.74, 6) is -1.41. The molecule has 0 atom stereocenters. The Morgan fingerprint density at radius 2 is 1.76 bits per heavy atom. The number of hydrazine groups is 1. The Morgan fingerprint density at radius 1 is 1.18 bits per heavy atom. The molecule has 0 saturated carbocycles. The fourth-order valence-corrected chi connectivity index (χ4v) is 0.903. The molecule has 8 nitrogen and oxygen atoms in total. The fraction of sp³-hybridized carbons (Fsp3) is 0.571. The summed E-state index contributed by atoms with van der Waals surface area (Å²) in [6.07, 6.45) is -1.48. The normalized spacial score (nSPS) is 9.59. The second-order valence-corrected chi connectivity index (χ2v) is 3.31. The van der Waals surface area contributed by atoms with Gasteiger partial charge in [-0.15, -0.1) is 4.41 Å². The summed E-state index contributed by atoms with van der Waals surface area (Å²) in [7, 11) is 0. The van der Waals surface area contributed by atoms with Crippen molar-refractivity contribution in [3.8, 4) is 0 Å². The molecule has 0 aliphatic heterocycles. The highest BCUT2D eigenvalue weighted by Gasteiger charge is 2.20. The Kier molecular flexibility index (Phi) is 7.50. The van der Waals surface area contributed by atoms with Crippen LogP contribution in [0.5, 0.6) is 0 Å². The molecule has 0 aromatic heterocycles. The number of amides is 2. The highest BCUT2D eigenvalue weighted by molar-refractivity contribution is 7.81. The number of nitrogens with zero attached hydrogens (tertiary/aromatic N) is 2. The SMILES string of the molecule is CCOC(=O)COCC(=O)N(S)N(S)C(=O)O. The monoisotopic (exact) mass is 284 g/mol. The molecule has 0 bridgehead atoms. The van der Waals surface area contributed by atoms with E-state index in [-0.39, 0.29) is 11.0 Å². The molecule has 2 amide bonds. The van der Waals surface area contributed by atoms with E-state index in [1.165, 1.54) is 0 Å². The minimum Gasteiger partial charge on any atom is -0.464 e. The first-order valence-corrected chi connectivity index (χ1v) is 5.17. The van der Waals surface area contributed by atoms with Gasteiger partial charge >= 0.3 is 12.1 Å². The maximum absolute atomic E-state index is 11.2. The van der Waals surface area contributed by atoms with Crippen molar-refractivity contribution < 1.29 is 29.0 Å². The number of carbonyl (C=O) groups excluding carboxylic acids is 2. The largest absolute Gasteiger partial charge is 0.464 e. The molecule has 10 heteroatoms. The number of carboxylic acid groups (broad SMARTS) is 1. The Hall–Kier alpha value is -1.13. The molecule has 0 fully saturated rings. The van der Waals surface area contributed by atoms with Crippen LogP contribution in [-0.4, -0.2) is 51.7 Å². The zero-order valence-electron chi connectivity index (χ0n) is 8.90. The molecule has 1 N–H and O–H groups in total. The lowest BCUT2D eigenvalue weighted by Gasteiger charge is -2.21. The van der Waals surface area contributed by atoms with Gasteiger partial charge in [0, 0.05) is 0 Å². The summed E-state index contributed by atoms with van der Waals surface area (Å²) in [6, 6.07) is 0. The molecule has 98 valence electrons. The molecule has 0 unspecified atom stereocenters. The second-order valence-electron chi connectivity index (χ2n) is 2.55. The summed E-state index contributed by atoms with van der Waals surface area (Å²) in [5, 5.41) is 8.48. The van der Waals surface area contributed by atoms with E-state index in [2.05, 4.69) is 30.4 Å². The molecule has 0 spiro atoms. The Labute approximate surface area is 109 Å². The van der Waals surface area contributed by atoms with Crippen LogP contribution in [0.25, 0.3) is 0 Å². The van der Waals surface area contributed by atoms with Crippen molar-refractivity contribution in [3.05, 3.63) is 0 Å². The number of hydrogen-bond acceptors (Lipinski definition) is 7. The standard InChI is InChI=1S/C7H12N2O6S2/c1-2-15-6(11)4-14-3-5(10)8(16)9(17)7(12)13/h16-17H,2-4H2,1H3,(H,12,13). The molecule has 0 aliphatic rings. The van der Waals surface area contributed by atoms with Crippen LogP contribution in [0.3, 0.4) is 0 Å². The third-order valence-corrected chi connectivity index (χ3v) is 2.22. The van der Waals surface area contributed by atoms with Crippen LogP contribution in [0.1, 0.15) is 6.92 Å². The number of rotatable bonds is 5.